The molecule has 104 valence electrons. The van der Waals surface area contributed by atoms with Crippen molar-refractivity contribution in [1.29, 1.82) is 0 Å². The molecule has 1 aliphatic heterocycles. The molecule has 1 atom stereocenters. The molecular weight excluding hydrogens is 238 g/mol. The highest BCUT2D eigenvalue weighted by Crippen LogP contribution is 2.12. The monoisotopic (exact) mass is 261 g/mol. The van der Waals surface area contributed by atoms with Gasteiger partial charge in [-0.05, 0) is 43.5 Å². The Balaban J connectivity index is 1.86. The molecule has 0 aromatic heterocycles. The number of carbonyl (C=O) groups is 1. The zero-order chi connectivity index (χ0) is 13.7. The SMILES string of the molecule is CCc1cccc(NC(=O)CN2CCCC(N)C2)c1. The van der Waals surface area contributed by atoms with Crippen LogP contribution in [0.2, 0.25) is 0 Å². The average molecular weight is 261 g/mol. The summed E-state index contributed by atoms with van der Waals surface area (Å²) in [4.78, 5) is 14.1. The van der Waals surface area contributed by atoms with Crippen LogP contribution in [0.1, 0.15) is 25.3 Å². The van der Waals surface area contributed by atoms with Gasteiger partial charge in [-0.25, -0.2) is 0 Å². The van der Waals surface area contributed by atoms with E-state index in [-0.39, 0.29) is 11.9 Å². The zero-order valence-corrected chi connectivity index (χ0v) is 11.6. The number of carbonyl (C=O) groups excluding carboxylic acids is 1. The first-order valence-electron chi connectivity index (χ1n) is 7.04. The summed E-state index contributed by atoms with van der Waals surface area (Å²) >= 11 is 0. The fourth-order valence-corrected chi connectivity index (χ4v) is 2.51. The van der Waals surface area contributed by atoms with Crippen molar-refractivity contribution >= 4 is 11.6 Å². The number of nitrogens with two attached hydrogens (primary N) is 1. The fourth-order valence-electron chi connectivity index (χ4n) is 2.51. The highest BCUT2D eigenvalue weighted by Gasteiger charge is 2.18. The predicted octanol–water partition coefficient (Wildman–Crippen LogP) is 1.61. The molecule has 0 bridgehead atoms. The number of rotatable bonds is 4. The van der Waals surface area contributed by atoms with Gasteiger partial charge in [0.05, 0.1) is 6.54 Å². The molecule has 0 radical (unpaired) electrons. The third-order valence-electron chi connectivity index (χ3n) is 3.53. The Morgan fingerprint density at radius 3 is 3.11 bits per heavy atom. The molecule has 1 fully saturated rings. The van der Waals surface area contributed by atoms with E-state index in [9.17, 15) is 4.79 Å². The highest BCUT2D eigenvalue weighted by atomic mass is 16.2. The van der Waals surface area contributed by atoms with E-state index in [0.717, 1.165) is 38.0 Å². The summed E-state index contributed by atoms with van der Waals surface area (Å²) in [6.45, 7) is 4.33. The van der Waals surface area contributed by atoms with Gasteiger partial charge in [-0.15, -0.1) is 0 Å². The normalized spacial score (nSPS) is 20.2. The van der Waals surface area contributed by atoms with Gasteiger partial charge in [-0.2, -0.15) is 0 Å². The second-order valence-electron chi connectivity index (χ2n) is 5.24. The third-order valence-corrected chi connectivity index (χ3v) is 3.53. The van der Waals surface area contributed by atoms with Crippen LogP contribution in [0.15, 0.2) is 24.3 Å². The highest BCUT2D eigenvalue weighted by molar-refractivity contribution is 5.92. The number of anilines is 1. The first-order valence-corrected chi connectivity index (χ1v) is 7.04. The molecule has 1 saturated heterocycles. The van der Waals surface area contributed by atoms with E-state index < -0.39 is 0 Å². The molecule has 19 heavy (non-hydrogen) atoms. The molecule has 1 aromatic rings. The lowest BCUT2D eigenvalue weighted by Crippen LogP contribution is -2.45. The maximum absolute atomic E-state index is 12.0. The summed E-state index contributed by atoms with van der Waals surface area (Å²) < 4.78 is 0. The van der Waals surface area contributed by atoms with E-state index in [1.807, 2.05) is 18.2 Å². The largest absolute Gasteiger partial charge is 0.327 e. The summed E-state index contributed by atoms with van der Waals surface area (Å²) in [6.07, 6.45) is 3.13. The minimum absolute atomic E-state index is 0.0438. The topological polar surface area (TPSA) is 58.4 Å². The second-order valence-corrected chi connectivity index (χ2v) is 5.24. The molecule has 1 unspecified atom stereocenters. The van der Waals surface area contributed by atoms with Crippen LogP contribution in [0.5, 0.6) is 0 Å². The number of amides is 1. The number of piperidine rings is 1. The molecule has 1 aliphatic rings. The van der Waals surface area contributed by atoms with Crippen molar-refractivity contribution in [1.82, 2.24) is 4.90 Å². The zero-order valence-electron chi connectivity index (χ0n) is 11.6. The number of aryl methyl sites for hydroxylation is 1. The number of nitrogens with zero attached hydrogens (tertiary/aromatic N) is 1. The van der Waals surface area contributed by atoms with Crippen LogP contribution >= 0.6 is 0 Å². The van der Waals surface area contributed by atoms with Crippen molar-refractivity contribution in [2.75, 3.05) is 25.0 Å². The molecule has 4 heteroatoms. The Hall–Kier alpha value is -1.39. The maximum Gasteiger partial charge on any atom is 0.238 e. The Kier molecular flexibility index (Phi) is 4.93. The van der Waals surface area contributed by atoms with Crippen molar-refractivity contribution < 1.29 is 4.79 Å². The summed E-state index contributed by atoms with van der Waals surface area (Å²) in [5, 5.41) is 2.96. The molecule has 0 saturated carbocycles. The van der Waals surface area contributed by atoms with E-state index in [1.165, 1.54) is 5.56 Å². The first-order chi connectivity index (χ1) is 9.17. The van der Waals surface area contributed by atoms with Gasteiger partial charge < -0.3 is 11.1 Å². The summed E-state index contributed by atoms with van der Waals surface area (Å²) in [7, 11) is 0. The van der Waals surface area contributed by atoms with Crippen molar-refractivity contribution in [2.45, 2.75) is 32.2 Å². The Bertz CT molecular complexity index is 433. The number of hydrogen-bond donors (Lipinski definition) is 2. The van der Waals surface area contributed by atoms with Gasteiger partial charge in [0.1, 0.15) is 0 Å². The molecule has 0 spiro atoms. The molecule has 1 amide bonds. The van der Waals surface area contributed by atoms with E-state index in [0.29, 0.717) is 6.54 Å². The van der Waals surface area contributed by atoms with Crippen LogP contribution in [0.4, 0.5) is 5.69 Å². The lowest BCUT2D eigenvalue weighted by Gasteiger charge is -2.29. The molecule has 4 nitrogen and oxygen atoms in total. The van der Waals surface area contributed by atoms with Crippen LogP contribution < -0.4 is 11.1 Å². The quantitative estimate of drug-likeness (QED) is 0.865. The van der Waals surface area contributed by atoms with Crippen LogP contribution in [0, 0.1) is 0 Å². The van der Waals surface area contributed by atoms with Crippen molar-refractivity contribution in [3.05, 3.63) is 29.8 Å². The Labute approximate surface area is 115 Å². The van der Waals surface area contributed by atoms with Crippen LogP contribution in [-0.2, 0) is 11.2 Å². The van der Waals surface area contributed by atoms with Gasteiger partial charge in [0.25, 0.3) is 0 Å². The van der Waals surface area contributed by atoms with Gasteiger partial charge in [-0.1, -0.05) is 19.1 Å². The van der Waals surface area contributed by atoms with Gasteiger partial charge in [0, 0.05) is 18.3 Å². The van der Waals surface area contributed by atoms with Gasteiger partial charge in [0.15, 0.2) is 0 Å². The standard InChI is InChI=1S/C15H23N3O/c1-2-12-5-3-7-14(9-12)17-15(19)11-18-8-4-6-13(16)10-18/h3,5,7,9,13H,2,4,6,8,10-11,16H2,1H3,(H,17,19). The van der Waals surface area contributed by atoms with Crippen molar-refractivity contribution in [2.24, 2.45) is 5.73 Å². The first kappa shape index (κ1) is 14.0. The van der Waals surface area contributed by atoms with E-state index in [1.54, 1.807) is 0 Å². The van der Waals surface area contributed by atoms with E-state index in [2.05, 4.69) is 23.2 Å². The number of likely N-dealkylation sites (tertiary alicyclic amines) is 1. The Morgan fingerprint density at radius 2 is 2.37 bits per heavy atom. The predicted molar refractivity (Wildman–Crippen MR) is 78.1 cm³/mol. The van der Waals surface area contributed by atoms with Crippen molar-refractivity contribution in [3.63, 3.8) is 0 Å². The minimum Gasteiger partial charge on any atom is -0.327 e. The summed E-state index contributed by atoms with van der Waals surface area (Å²) in [5.41, 5.74) is 8.03. The Morgan fingerprint density at radius 1 is 1.53 bits per heavy atom. The van der Waals surface area contributed by atoms with Gasteiger partial charge in [0.2, 0.25) is 5.91 Å². The second kappa shape index (κ2) is 6.68. The van der Waals surface area contributed by atoms with E-state index >= 15 is 0 Å². The number of nitrogens with one attached hydrogen (secondary N) is 1. The molecule has 1 heterocycles. The lowest BCUT2D eigenvalue weighted by atomic mass is 10.1. The van der Waals surface area contributed by atoms with E-state index in [4.69, 9.17) is 5.73 Å². The van der Waals surface area contributed by atoms with Crippen LogP contribution in [0.25, 0.3) is 0 Å². The number of hydrogen-bond acceptors (Lipinski definition) is 3. The smallest absolute Gasteiger partial charge is 0.238 e. The fraction of sp³-hybridized carbons (Fsp3) is 0.533. The minimum atomic E-state index is 0.0438. The molecule has 2 rings (SSSR count). The third kappa shape index (κ3) is 4.33. The van der Waals surface area contributed by atoms with Crippen molar-refractivity contribution in [3.8, 4) is 0 Å². The molecule has 3 N–H and O–H groups in total. The van der Waals surface area contributed by atoms with Crippen LogP contribution in [-0.4, -0.2) is 36.5 Å². The molecule has 0 aliphatic carbocycles. The number of benzene rings is 1. The molecule has 1 aromatic carbocycles. The van der Waals surface area contributed by atoms with Crippen LogP contribution in [0.3, 0.4) is 0 Å². The average Bonchev–Trinajstić information content (AvgIpc) is 2.38. The summed E-state index contributed by atoms with van der Waals surface area (Å²) in [6, 6.07) is 8.22. The summed E-state index contributed by atoms with van der Waals surface area (Å²) in [5.74, 6) is 0.0438. The van der Waals surface area contributed by atoms with Gasteiger partial charge in [-0.3, -0.25) is 9.69 Å². The lowest BCUT2D eigenvalue weighted by molar-refractivity contribution is -0.117. The molecular formula is C15H23N3O. The van der Waals surface area contributed by atoms with Gasteiger partial charge >= 0.3 is 0 Å². The maximum atomic E-state index is 12.0.